The van der Waals surface area contributed by atoms with Gasteiger partial charge in [0.05, 0.1) is 6.54 Å². The molecule has 14 heteroatoms. The van der Waals surface area contributed by atoms with Gasteiger partial charge in [0.15, 0.2) is 28.2 Å². The highest BCUT2D eigenvalue weighted by molar-refractivity contribution is 7.89. The fraction of sp³-hybridized carbons (Fsp3) is 0.289. The molecule has 2 aliphatic carbocycles. The van der Waals surface area contributed by atoms with Crippen molar-refractivity contribution in [3.63, 3.8) is 0 Å². The Hall–Kier alpha value is -5.60. The fourth-order valence-electron chi connectivity index (χ4n) is 7.51. The molecule has 2 aliphatic rings. The Balaban J connectivity index is 1.27. The number of carbonyl (C=O) groups excluding carboxylic acids is 2. The van der Waals surface area contributed by atoms with Gasteiger partial charge in [-0.2, -0.15) is 4.31 Å². The molecule has 308 valence electrons. The molecule has 0 unspecified atom stereocenters. The summed E-state index contributed by atoms with van der Waals surface area (Å²) in [6, 6.07) is 30.2. The average Bonchev–Trinajstić information content (AvgIpc) is 4.08. The Morgan fingerprint density at radius 1 is 0.695 bits per heavy atom. The molecule has 1 amide bonds. The standard InChI is InChI=1S/C45H41F5N2O6S/c1-51(59(55,56)42-40(49)38(47)37(46)39(48)41(42)50)45(23-24-45)44(54)52(26-29-17-19-33(20-18-29)32-15-9-4-10-16-32)34-21-22-35(43(53)58-28-31-13-7-3-8-14-31)36(25-34)57-27-30-11-5-2-6-12-30/h2-3,5-8,11-14,17-22,25,32H,4,9-10,15-16,23-24,26-28H2,1H3. The van der Waals surface area contributed by atoms with Gasteiger partial charge in [-0.3, -0.25) is 4.79 Å². The van der Waals surface area contributed by atoms with Crippen LogP contribution in [0.15, 0.2) is 108 Å². The predicted octanol–water partition coefficient (Wildman–Crippen LogP) is 9.75. The molecule has 0 aliphatic heterocycles. The topological polar surface area (TPSA) is 93.2 Å². The van der Waals surface area contributed by atoms with E-state index < -0.39 is 61.4 Å². The Bertz CT molecular complexity index is 2410. The Kier molecular flexibility index (Phi) is 12.2. The van der Waals surface area contributed by atoms with E-state index in [9.17, 15) is 40.0 Å². The van der Waals surface area contributed by atoms with E-state index in [2.05, 4.69) is 0 Å². The number of hydrogen-bond donors (Lipinski definition) is 0. The number of esters is 1. The first-order valence-corrected chi connectivity index (χ1v) is 20.7. The minimum atomic E-state index is -5.50. The fourth-order valence-corrected chi connectivity index (χ4v) is 9.14. The van der Waals surface area contributed by atoms with Crippen LogP contribution in [0.3, 0.4) is 0 Å². The van der Waals surface area contributed by atoms with Gasteiger partial charge in [0.1, 0.15) is 30.1 Å². The average molecular weight is 833 g/mol. The Morgan fingerprint density at radius 2 is 1.25 bits per heavy atom. The predicted molar refractivity (Wildman–Crippen MR) is 209 cm³/mol. The van der Waals surface area contributed by atoms with Crippen molar-refractivity contribution in [1.29, 1.82) is 0 Å². The minimum Gasteiger partial charge on any atom is -0.488 e. The molecule has 8 nitrogen and oxygen atoms in total. The van der Waals surface area contributed by atoms with E-state index in [1.165, 1.54) is 29.5 Å². The van der Waals surface area contributed by atoms with Crippen LogP contribution in [0.1, 0.15) is 83.5 Å². The summed E-state index contributed by atoms with van der Waals surface area (Å²) in [5.41, 5.74) is 1.55. The van der Waals surface area contributed by atoms with Crippen molar-refractivity contribution >= 4 is 27.6 Å². The third-order valence-corrected chi connectivity index (χ3v) is 13.0. The second-order valence-electron chi connectivity index (χ2n) is 14.9. The number of hydrogen-bond acceptors (Lipinski definition) is 6. The quantitative estimate of drug-likeness (QED) is 0.0479. The van der Waals surface area contributed by atoms with Crippen molar-refractivity contribution < 1.29 is 49.4 Å². The molecule has 0 atom stereocenters. The maximum Gasteiger partial charge on any atom is 0.342 e. The lowest BCUT2D eigenvalue weighted by Crippen LogP contribution is -2.51. The minimum absolute atomic E-state index is 0.0205. The normalized spacial score (nSPS) is 15.2. The van der Waals surface area contributed by atoms with E-state index in [4.69, 9.17) is 9.47 Å². The number of benzene rings is 5. The summed E-state index contributed by atoms with van der Waals surface area (Å²) in [4.78, 5) is 27.6. The van der Waals surface area contributed by atoms with Gasteiger partial charge < -0.3 is 14.4 Å². The van der Waals surface area contributed by atoms with Gasteiger partial charge in [0.2, 0.25) is 21.7 Å². The molecule has 0 aromatic heterocycles. The lowest BCUT2D eigenvalue weighted by molar-refractivity contribution is -0.123. The van der Waals surface area contributed by atoms with Crippen LogP contribution in [0.2, 0.25) is 0 Å². The summed E-state index contributed by atoms with van der Waals surface area (Å²) in [5.74, 6) is -13.6. The van der Waals surface area contributed by atoms with E-state index in [0.29, 0.717) is 15.8 Å². The summed E-state index contributed by atoms with van der Waals surface area (Å²) in [5, 5.41) is 0. The molecule has 59 heavy (non-hydrogen) atoms. The van der Waals surface area contributed by atoms with Crippen molar-refractivity contribution in [1.82, 2.24) is 4.31 Å². The zero-order chi connectivity index (χ0) is 41.9. The van der Waals surface area contributed by atoms with Crippen LogP contribution in [0.4, 0.5) is 27.6 Å². The highest BCUT2D eigenvalue weighted by Crippen LogP contribution is 2.47. The number of ether oxygens (including phenoxy) is 2. The van der Waals surface area contributed by atoms with Crippen molar-refractivity contribution in [3.8, 4) is 5.75 Å². The van der Waals surface area contributed by atoms with E-state index in [-0.39, 0.29) is 49.6 Å². The van der Waals surface area contributed by atoms with Gasteiger partial charge in [-0.05, 0) is 66.0 Å². The lowest BCUT2D eigenvalue weighted by atomic mass is 9.84. The number of amides is 1. The van der Waals surface area contributed by atoms with Crippen LogP contribution >= 0.6 is 0 Å². The van der Waals surface area contributed by atoms with Crippen molar-refractivity contribution in [2.75, 3.05) is 11.9 Å². The molecule has 2 fully saturated rings. The highest BCUT2D eigenvalue weighted by Gasteiger charge is 2.60. The van der Waals surface area contributed by atoms with Gasteiger partial charge in [-0.15, -0.1) is 0 Å². The molecule has 5 aromatic carbocycles. The summed E-state index contributed by atoms with van der Waals surface area (Å²) in [6.45, 7) is -0.141. The molecule has 0 N–H and O–H groups in total. The lowest BCUT2D eigenvalue weighted by Gasteiger charge is -2.33. The van der Waals surface area contributed by atoms with E-state index in [0.717, 1.165) is 49.4 Å². The zero-order valence-electron chi connectivity index (χ0n) is 32.1. The van der Waals surface area contributed by atoms with Crippen LogP contribution < -0.4 is 9.64 Å². The number of rotatable bonds is 14. The van der Waals surface area contributed by atoms with Crippen LogP contribution in [0.25, 0.3) is 0 Å². The maximum absolute atomic E-state index is 15.0. The second kappa shape index (κ2) is 17.3. The monoisotopic (exact) mass is 832 g/mol. The molecule has 7 rings (SSSR count). The summed E-state index contributed by atoms with van der Waals surface area (Å²) in [6.07, 6.45) is 5.29. The van der Waals surface area contributed by atoms with Crippen molar-refractivity contribution in [2.45, 2.75) is 81.1 Å². The number of nitrogens with zero attached hydrogens (tertiary/aromatic N) is 2. The zero-order valence-corrected chi connectivity index (χ0v) is 32.9. The SMILES string of the molecule is CN(C1(C(=O)N(Cc2ccc(C3CCCCC3)cc2)c2ccc(C(=O)OCc3ccccc3)c(OCc3ccccc3)c2)CC1)S(=O)(=O)c1c(F)c(F)c(F)c(F)c1F. The van der Waals surface area contributed by atoms with Crippen molar-refractivity contribution in [2.24, 2.45) is 0 Å². The first-order chi connectivity index (χ1) is 28.3. The van der Waals surface area contributed by atoms with Crippen molar-refractivity contribution in [3.05, 3.63) is 160 Å². The molecule has 0 spiro atoms. The Labute approximate surface area is 339 Å². The molecular weight excluding hydrogens is 792 g/mol. The molecule has 2 saturated carbocycles. The molecule has 0 bridgehead atoms. The molecule has 0 saturated heterocycles. The smallest absolute Gasteiger partial charge is 0.342 e. The van der Waals surface area contributed by atoms with Crippen LogP contribution in [0, 0.1) is 29.1 Å². The van der Waals surface area contributed by atoms with Crippen LogP contribution in [0.5, 0.6) is 5.75 Å². The van der Waals surface area contributed by atoms with Crippen LogP contribution in [-0.2, 0) is 39.3 Å². The Morgan fingerprint density at radius 3 is 1.83 bits per heavy atom. The molecule has 0 radical (unpaired) electrons. The van der Waals surface area contributed by atoms with Gasteiger partial charge in [0.25, 0.3) is 0 Å². The van der Waals surface area contributed by atoms with Gasteiger partial charge >= 0.3 is 5.97 Å². The molecular formula is C45H41F5N2O6S. The van der Waals surface area contributed by atoms with Gasteiger partial charge in [-0.1, -0.05) is 104 Å². The van der Waals surface area contributed by atoms with E-state index in [1.54, 1.807) is 24.3 Å². The first-order valence-electron chi connectivity index (χ1n) is 19.2. The number of halogens is 5. The first kappa shape index (κ1) is 41.6. The number of likely N-dealkylation sites (N-methyl/N-ethyl adjacent to an activating group) is 1. The van der Waals surface area contributed by atoms with E-state index in [1.807, 2.05) is 60.7 Å². The molecule has 5 aromatic rings. The number of sulfonamides is 1. The number of anilines is 1. The summed E-state index contributed by atoms with van der Waals surface area (Å²) >= 11 is 0. The highest BCUT2D eigenvalue weighted by atomic mass is 32.2. The van der Waals surface area contributed by atoms with Gasteiger partial charge in [0, 0.05) is 18.8 Å². The van der Waals surface area contributed by atoms with Crippen LogP contribution in [-0.4, -0.2) is 37.2 Å². The molecule has 0 heterocycles. The summed E-state index contributed by atoms with van der Waals surface area (Å²) in [7, 11) is -4.63. The second-order valence-corrected chi connectivity index (χ2v) is 16.8. The third-order valence-electron chi connectivity index (χ3n) is 11.1. The summed E-state index contributed by atoms with van der Waals surface area (Å²) < 4.78 is 112. The number of carbonyl (C=O) groups is 2. The van der Waals surface area contributed by atoms with Gasteiger partial charge in [-0.25, -0.2) is 35.2 Å². The third kappa shape index (κ3) is 8.60. The maximum atomic E-state index is 15.0. The largest absolute Gasteiger partial charge is 0.488 e. The van der Waals surface area contributed by atoms with E-state index >= 15 is 0 Å².